The minimum absolute atomic E-state index is 0.0698. The Morgan fingerprint density at radius 2 is 2.16 bits per heavy atom. The number of H-pyrrole nitrogens is 1. The largest absolute Gasteiger partial charge is 0.369 e. The summed E-state index contributed by atoms with van der Waals surface area (Å²) < 4.78 is 0. The fourth-order valence-corrected chi connectivity index (χ4v) is 3.21. The molecule has 1 saturated heterocycles. The minimum atomic E-state index is -0.223. The van der Waals surface area contributed by atoms with Crippen LogP contribution in [0.2, 0.25) is 0 Å². The van der Waals surface area contributed by atoms with Crippen LogP contribution >= 0.6 is 0 Å². The van der Waals surface area contributed by atoms with E-state index in [2.05, 4.69) is 52.5 Å². The van der Waals surface area contributed by atoms with Crippen molar-refractivity contribution >= 4 is 11.6 Å². The van der Waals surface area contributed by atoms with Gasteiger partial charge in [0.05, 0.1) is 17.8 Å². The van der Waals surface area contributed by atoms with Crippen molar-refractivity contribution in [3.63, 3.8) is 0 Å². The van der Waals surface area contributed by atoms with Crippen LogP contribution in [-0.4, -0.2) is 29.2 Å². The monoisotopic (exact) mass is 340 g/mol. The van der Waals surface area contributed by atoms with E-state index in [1.165, 1.54) is 17.2 Å². The number of aromatic nitrogens is 2. The topological polar surface area (TPSA) is 78.1 Å². The zero-order valence-corrected chi connectivity index (χ0v) is 14.7. The molecule has 0 radical (unpaired) electrons. The Balaban J connectivity index is 1.60. The zero-order valence-electron chi connectivity index (χ0n) is 14.7. The molecule has 1 fully saturated rings. The smallest absolute Gasteiger partial charge is 0.266 e. The lowest BCUT2D eigenvalue weighted by molar-refractivity contribution is -0.125. The lowest BCUT2D eigenvalue weighted by Crippen LogP contribution is -2.43. The van der Waals surface area contributed by atoms with Gasteiger partial charge in [-0.2, -0.15) is 5.10 Å². The fraction of sp³-hybridized carbons (Fsp3) is 0.421. The first kappa shape index (κ1) is 17.2. The lowest BCUT2D eigenvalue weighted by atomic mass is 9.96. The van der Waals surface area contributed by atoms with Gasteiger partial charge in [-0.15, -0.1) is 0 Å². The number of rotatable bonds is 4. The number of carbonyl (C=O) groups excluding carboxylic acids is 1. The molecule has 132 valence electrons. The van der Waals surface area contributed by atoms with Crippen LogP contribution in [0.3, 0.4) is 0 Å². The van der Waals surface area contributed by atoms with Gasteiger partial charge in [0.1, 0.15) is 0 Å². The Hall–Kier alpha value is -2.63. The molecular weight excluding hydrogens is 316 g/mol. The van der Waals surface area contributed by atoms with Crippen LogP contribution < -0.4 is 15.8 Å². The van der Waals surface area contributed by atoms with Gasteiger partial charge in [-0.1, -0.05) is 18.2 Å². The van der Waals surface area contributed by atoms with E-state index in [1.807, 2.05) is 0 Å². The Labute approximate surface area is 147 Å². The molecule has 0 unspecified atom stereocenters. The molecular formula is C19H24N4O2. The van der Waals surface area contributed by atoms with Crippen LogP contribution in [-0.2, 0) is 11.3 Å². The summed E-state index contributed by atoms with van der Waals surface area (Å²) in [4.78, 5) is 26.0. The molecule has 6 nitrogen and oxygen atoms in total. The molecule has 1 aliphatic rings. The summed E-state index contributed by atoms with van der Waals surface area (Å²) in [6.07, 6.45) is 3.43. The van der Waals surface area contributed by atoms with Crippen molar-refractivity contribution in [1.29, 1.82) is 0 Å². The molecule has 6 heteroatoms. The van der Waals surface area contributed by atoms with E-state index in [1.54, 1.807) is 6.20 Å². The van der Waals surface area contributed by atoms with Crippen LogP contribution in [0.4, 0.5) is 5.69 Å². The molecule has 0 aliphatic carbocycles. The summed E-state index contributed by atoms with van der Waals surface area (Å²) in [6.45, 7) is 6.16. The SMILES string of the molecule is Cc1ccc(CNC(=O)[C@H]2CCCN(c3cn[nH]c(=O)c3)C2)cc1C. The summed E-state index contributed by atoms with van der Waals surface area (Å²) >= 11 is 0. The van der Waals surface area contributed by atoms with E-state index in [0.717, 1.165) is 30.6 Å². The van der Waals surface area contributed by atoms with E-state index in [-0.39, 0.29) is 17.4 Å². The highest BCUT2D eigenvalue weighted by molar-refractivity contribution is 5.79. The van der Waals surface area contributed by atoms with Crippen LogP contribution in [0.15, 0.2) is 35.3 Å². The predicted molar refractivity (Wildman–Crippen MR) is 97.6 cm³/mol. The van der Waals surface area contributed by atoms with Gasteiger partial charge in [0, 0.05) is 25.7 Å². The van der Waals surface area contributed by atoms with Crippen molar-refractivity contribution in [2.75, 3.05) is 18.0 Å². The highest BCUT2D eigenvalue weighted by atomic mass is 16.2. The summed E-state index contributed by atoms with van der Waals surface area (Å²) in [5, 5.41) is 9.27. The number of aryl methyl sites for hydroxylation is 2. The first-order valence-corrected chi connectivity index (χ1v) is 8.66. The molecule has 2 aromatic rings. The molecule has 1 aromatic carbocycles. The van der Waals surface area contributed by atoms with Gasteiger partial charge >= 0.3 is 0 Å². The van der Waals surface area contributed by atoms with Gasteiger partial charge in [0.2, 0.25) is 5.91 Å². The van der Waals surface area contributed by atoms with E-state index >= 15 is 0 Å². The maximum absolute atomic E-state index is 12.5. The second kappa shape index (κ2) is 7.51. The van der Waals surface area contributed by atoms with Crippen molar-refractivity contribution in [3.05, 3.63) is 57.5 Å². The number of nitrogens with zero attached hydrogens (tertiary/aromatic N) is 2. The summed E-state index contributed by atoms with van der Waals surface area (Å²) in [5.41, 5.74) is 4.15. The predicted octanol–water partition coefficient (Wildman–Crippen LogP) is 1.92. The Morgan fingerprint density at radius 3 is 2.92 bits per heavy atom. The van der Waals surface area contributed by atoms with Gasteiger partial charge in [0.15, 0.2) is 0 Å². The number of hydrogen-bond acceptors (Lipinski definition) is 4. The minimum Gasteiger partial charge on any atom is -0.369 e. The molecule has 2 N–H and O–H groups in total. The highest BCUT2D eigenvalue weighted by Crippen LogP contribution is 2.21. The lowest BCUT2D eigenvalue weighted by Gasteiger charge is -2.33. The van der Waals surface area contributed by atoms with Crippen LogP contribution in [0.25, 0.3) is 0 Å². The van der Waals surface area contributed by atoms with Crippen molar-refractivity contribution in [2.24, 2.45) is 5.92 Å². The van der Waals surface area contributed by atoms with Crippen molar-refractivity contribution in [1.82, 2.24) is 15.5 Å². The Morgan fingerprint density at radius 1 is 1.32 bits per heavy atom. The molecule has 25 heavy (non-hydrogen) atoms. The highest BCUT2D eigenvalue weighted by Gasteiger charge is 2.26. The quantitative estimate of drug-likeness (QED) is 0.891. The average molecular weight is 340 g/mol. The number of nitrogens with one attached hydrogen (secondary N) is 2. The fourth-order valence-electron chi connectivity index (χ4n) is 3.21. The molecule has 0 bridgehead atoms. The zero-order chi connectivity index (χ0) is 17.8. The molecule has 0 saturated carbocycles. The second-order valence-corrected chi connectivity index (χ2v) is 6.73. The van der Waals surface area contributed by atoms with Crippen molar-refractivity contribution in [3.8, 4) is 0 Å². The number of anilines is 1. The number of amides is 1. The van der Waals surface area contributed by atoms with Gasteiger partial charge in [-0.05, 0) is 43.4 Å². The molecule has 1 aromatic heterocycles. The molecule has 0 spiro atoms. The number of benzene rings is 1. The summed E-state index contributed by atoms with van der Waals surface area (Å²) in [7, 11) is 0. The molecule has 1 atom stereocenters. The Kier molecular flexibility index (Phi) is 5.16. The van der Waals surface area contributed by atoms with Crippen LogP contribution in [0, 0.1) is 19.8 Å². The van der Waals surface area contributed by atoms with E-state index in [9.17, 15) is 9.59 Å². The third-order valence-electron chi connectivity index (χ3n) is 4.85. The number of piperidine rings is 1. The normalized spacial score (nSPS) is 17.4. The average Bonchev–Trinajstić information content (AvgIpc) is 2.62. The first-order valence-electron chi connectivity index (χ1n) is 8.66. The third kappa shape index (κ3) is 4.26. The van der Waals surface area contributed by atoms with Gasteiger partial charge in [0.25, 0.3) is 5.56 Å². The number of aromatic amines is 1. The number of carbonyl (C=O) groups is 1. The first-order chi connectivity index (χ1) is 12.0. The third-order valence-corrected chi connectivity index (χ3v) is 4.85. The van der Waals surface area contributed by atoms with Gasteiger partial charge in [-0.3, -0.25) is 9.59 Å². The standard InChI is InChI=1S/C19H24N4O2/c1-13-5-6-15(8-14(13)2)10-20-19(25)16-4-3-7-23(12-16)17-9-18(24)22-21-11-17/h5-6,8-9,11,16H,3-4,7,10,12H2,1-2H3,(H,20,25)(H,22,24)/t16-/m0/s1. The van der Waals surface area contributed by atoms with Gasteiger partial charge in [-0.25, -0.2) is 5.10 Å². The van der Waals surface area contributed by atoms with Crippen molar-refractivity contribution in [2.45, 2.75) is 33.2 Å². The van der Waals surface area contributed by atoms with E-state index < -0.39 is 0 Å². The van der Waals surface area contributed by atoms with Crippen LogP contribution in [0.5, 0.6) is 0 Å². The van der Waals surface area contributed by atoms with Crippen molar-refractivity contribution < 1.29 is 4.79 Å². The van der Waals surface area contributed by atoms with Crippen LogP contribution in [0.1, 0.15) is 29.5 Å². The maximum atomic E-state index is 12.5. The number of hydrogen-bond donors (Lipinski definition) is 2. The van der Waals surface area contributed by atoms with E-state index in [4.69, 9.17) is 0 Å². The van der Waals surface area contributed by atoms with Gasteiger partial charge < -0.3 is 10.2 Å². The summed E-state index contributed by atoms with van der Waals surface area (Å²) in [5.74, 6) is 0.000288. The van der Waals surface area contributed by atoms with E-state index in [0.29, 0.717) is 13.1 Å². The maximum Gasteiger partial charge on any atom is 0.266 e. The second-order valence-electron chi connectivity index (χ2n) is 6.73. The molecule has 2 heterocycles. The molecule has 1 amide bonds. The molecule has 1 aliphatic heterocycles. The summed E-state index contributed by atoms with van der Waals surface area (Å²) in [6, 6.07) is 7.78. The molecule has 3 rings (SSSR count). The Bertz CT molecular complexity index is 815.